The van der Waals surface area contributed by atoms with E-state index in [1.54, 1.807) is 19.1 Å². The lowest BCUT2D eigenvalue weighted by atomic mass is 9.46. The number of carbonyl (C=O) groups is 4. The second kappa shape index (κ2) is 11.9. The van der Waals surface area contributed by atoms with E-state index in [-0.39, 0.29) is 56.2 Å². The molecule has 13 heteroatoms. The zero-order valence-corrected chi connectivity index (χ0v) is 23.5. The first-order valence-electron chi connectivity index (χ1n) is 13.9. The van der Waals surface area contributed by atoms with Crippen molar-refractivity contribution in [3.63, 3.8) is 0 Å². The van der Waals surface area contributed by atoms with Crippen LogP contribution in [0.3, 0.4) is 0 Å². The van der Waals surface area contributed by atoms with E-state index in [2.05, 4.69) is 4.84 Å². The Bertz CT molecular complexity index is 1150. The van der Waals surface area contributed by atoms with Crippen LogP contribution in [-0.4, -0.2) is 78.6 Å². The molecule has 4 unspecified atom stereocenters. The monoisotopic (exact) mass is 579 g/mol. The second-order valence-electron chi connectivity index (χ2n) is 11.6. The molecule has 0 heterocycles. The minimum Gasteiger partial charge on any atom is -0.456 e. The van der Waals surface area contributed by atoms with Crippen LogP contribution >= 0.6 is 0 Å². The summed E-state index contributed by atoms with van der Waals surface area (Å²) >= 11 is 0. The Morgan fingerprint density at radius 3 is 2.61 bits per heavy atom. The third kappa shape index (κ3) is 5.61. The van der Waals surface area contributed by atoms with Crippen molar-refractivity contribution in [2.75, 3.05) is 33.0 Å². The molecule has 0 aliphatic heterocycles. The molecule has 0 aromatic heterocycles. The summed E-state index contributed by atoms with van der Waals surface area (Å²) in [5, 5.41) is 20.8. The number of ketones is 2. The van der Waals surface area contributed by atoms with Gasteiger partial charge in [0.15, 0.2) is 18.0 Å². The molecule has 0 amide bonds. The van der Waals surface area contributed by atoms with Gasteiger partial charge in [-0.15, -0.1) is 10.1 Å². The Balaban J connectivity index is 1.54. The first-order chi connectivity index (χ1) is 19.4. The van der Waals surface area contributed by atoms with Crippen LogP contribution in [-0.2, 0) is 38.2 Å². The number of Topliss-reactive ketones (excluding diaryl/α,β-unsaturated/α-hetero) is 1. The van der Waals surface area contributed by atoms with E-state index in [1.165, 1.54) is 0 Å². The van der Waals surface area contributed by atoms with Crippen molar-refractivity contribution in [3.8, 4) is 0 Å². The number of ether oxygens (including phenoxy) is 4. The molecule has 7 atom stereocenters. The lowest BCUT2D eigenvalue weighted by molar-refractivity contribution is -0.758. The number of esters is 1. The van der Waals surface area contributed by atoms with E-state index in [4.69, 9.17) is 18.9 Å². The maximum atomic E-state index is 13.8. The van der Waals surface area contributed by atoms with Gasteiger partial charge >= 0.3 is 12.1 Å². The lowest BCUT2D eigenvalue weighted by Gasteiger charge is -2.59. The van der Waals surface area contributed by atoms with Gasteiger partial charge in [-0.2, -0.15) is 0 Å². The molecule has 4 aliphatic rings. The number of aliphatic hydroxyl groups is 1. The quantitative estimate of drug-likeness (QED) is 0.164. The summed E-state index contributed by atoms with van der Waals surface area (Å²) in [7, 11) is 0. The maximum Gasteiger partial charge on any atom is 0.509 e. The highest BCUT2D eigenvalue weighted by Gasteiger charge is 2.70. The predicted molar refractivity (Wildman–Crippen MR) is 139 cm³/mol. The van der Waals surface area contributed by atoms with E-state index in [1.807, 2.05) is 19.9 Å². The molecule has 0 spiro atoms. The van der Waals surface area contributed by atoms with Gasteiger partial charge in [0.1, 0.15) is 13.2 Å². The third-order valence-corrected chi connectivity index (χ3v) is 9.59. The Kier molecular flexibility index (Phi) is 8.88. The van der Waals surface area contributed by atoms with Crippen LogP contribution < -0.4 is 0 Å². The highest BCUT2D eigenvalue weighted by molar-refractivity contribution is 6.01. The average molecular weight is 580 g/mol. The molecular weight excluding hydrogens is 542 g/mol. The van der Waals surface area contributed by atoms with Gasteiger partial charge < -0.3 is 28.9 Å². The summed E-state index contributed by atoms with van der Waals surface area (Å²) < 4.78 is 21.0. The van der Waals surface area contributed by atoms with E-state index in [0.717, 1.165) is 5.57 Å². The van der Waals surface area contributed by atoms with Crippen molar-refractivity contribution in [2.45, 2.75) is 64.6 Å². The Hall–Kier alpha value is -3.32. The smallest absolute Gasteiger partial charge is 0.456 e. The molecule has 0 bridgehead atoms. The van der Waals surface area contributed by atoms with E-state index in [0.29, 0.717) is 19.3 Å². The Morgan fingerprint density at radius 2 is 1.90 bits per heavy atom. The molecule has 3 fully saturated rings. The molecule has 0 saturated heterocycles. The fraction of sp³-hybridized carbons (Fsp3) is 0.714. The Labute approximate surface area is 237 Å². The molecule has 0 radical (unpaired) electrons. The number of allylic oxidation sites excluding steroid dienone is 4. The average Bonchev–Trinajstić information content (AvgIpc) is 3.19. The molecule has 226 valence electrons. The lowest BCUT2D eigenvalue weighted by Crippen LogP contribution is -2.63. The molecule has 1 N–H and O–H groups in total. The van der Waals surface area contributed by atoms with Crippen molar-refractivity contribution < 1.29 is 53.2 Å². The van der Waals surface area contributed by atoms with Crippen molar-refractivity contribution in [1.82, 2.24) is 0 Å². The molecule has 41 heavy (non-hydrogen) atoms. The van der Waals surface area contributed by atoms with Gasteiger partial charge in [-0.1, -0.05) is 25.5 Å². The molecule has 4 aliphatic carbocycles. The van der Waals surface area contributed by atoms with E-state index < -0.39 is 58.7 Å². The van der Waals surface area contributed by atoms with Crippen molar-refractivity contribution in [1.29, 1.82) is 0 Å². The summed E-state index contributed by atoms with van der Waals surface area (Å²) in [6, 6.07) is 0. The van der Waals surface area contributed by atoms with Gasteiger partial charge in [0, 0.05) is 16.7 Å². The van der Waals surface area contributed by atoms with Gasteiger partial charge in [0.2, 0.25) is 5.78 Å². The second-order valence-corrected chi connectivity index (χ2v) is 11.6. The van der Waals surface area contributed by atoms with Gasteiger partial charge in [-0.25, -0.2) is 9.59 Å². The number of aliphatic hydroxyl groups excluding tert-OH is 1. The SMILES string of the molecule is CCOC(=O)O[C@]1(C(=O)COC(=O)COCCO[N+](=O)[O-])CCC2C3CCC4=CC(=O)C=C[C@]4(C)C3C(O)C[C@@]21C. The molecule has 13 nitrogen and oxygen atoms in total. The number of hydrogen-bond acceptors (Lipinski definition) is 12. The van der Waals surface area contributed by atoms with Crippen LogP contribution in [0.1, 0.15) is 52.9 Å². The number of fused-ring (bicyclic) bond motifs is 5. The van der Waals surface area contributed by atoms with Crippen LogP contribution in [0, 0.1) is 38.7 Å². The number of rotatable bonds is 11. The largest absolute Gasteiger partial charge is 0.509 e. The minimum absolute atomic E-state index is 0.0124. The molecule has 0 aromatic carbocycles. The van der Waals surface area contributed by atoms with E-state index >= 15 is 0 Å². The van der Waals surface area contributed by atoms with Crippen LogP contribution in [0.15, 0.2) is 23.8 Å². The normalized spacial score (nSPS) is 35.3. The fourth-order valence-electron chi connectivity index (χ4n) is 7.92. The standard InChI is InChI=1S/C28H37NO12/c1-4-38-25(34)41-28(22(32)15-39-23(33)16-37-11-12-40-29(35)36)10-8-20-19-6-5-17-13-18(30)7-9-26(17,2)24(19)21(31)14-27(20,28)3/h7,9,13,19-21,24,31H,4-6,8,10-12,14-16H2,1-3H3/t19?,20?,21?,24?,26-,27-,28-/m0/s1. The minimum atomic E-state index is -1.70. The van der Waals surface area contributed by atoms with E-state index in [9.17, 15) is 34.4 Å². The first kappa shape index (κ1) is 30.6. The van der Waals surface area contributed by atoms with Crippen LogP contribution in [0.5, 0.6) is 0 Å². The number of nitrogens with zero attached hydrogens (tertiary/aromatic N) is 1. The summed E-state index contributed by atoms with van der Waals surface area (Å²) in [5.74, 6) is -1.87. The van der Waals surface area contributed by atoms with Crippen molar-refractivity contribution in [2.24, 2.45) is 28.6 Å². The van der Waals surface area contributed by atoms with Gasteiger partial charge in [-0.05, 0) is 63.0 Å². The van der Waals surface area contributed by atoms with Gasteiger partial charge in [0.05, 0.1) is 19.3 Å². The van der Waals surface area contributed by atoms with Crippen molar-refractivity contribution >= 4 is 23.7 Å². The number of hydrogen-bond donors (Lipinski definition) is 1. The summed E-state index contributed by atoms with van der Waals surface area (Å²) in [6.07, 6.45) is 5.47. The maximum absolute atomic E-state index is 13.8. The molecule has 0 aromatic rings. The molecule has 3 saturated carbocycles. The van der Waals surface area contributed by atoms with Crippen LogP contribution in [0.2, 0.25) is 0 Å². The summed E-state index contributed by atoms with van der Waals surface area (Å²) in [4.78, 5) is 65.0. The van der Waals surface area contributed by atoms with Gasteiger partial charge in [-0.3, -0.25) is 9.59 Å². The highest BCUT2D eigenvalue weighted by atomic mass is 17.0. The molecular formula is C28H37NO12. The van der Waals surface area contributed by atoms with Gasteiger partial charge in [0.25, 0.3) is 5.09 Å². The van der Waals surface area contributed by atoms with Crippen molar-refractivity contribution in [3.05, 3.63) is 33.9 Å². The summed E-state index contributed by atoms with van der Waals surface area (Å²) in [6.45, 7) is 3.65. The van der Waals surface area contributed by atoms with Crippen LogP contribution in [0.25, 0.3) is 0 Å². The summed E-state index contributed by atoms with van der Waals surface area (Å²) in [5.41, 5.74) is -2.19. The van der Waals surface area contributed by atoms with Crippen LogP contribution in [0.4, 0.5) is 4.79 Å². The zero-order valence-electron chi connectivity index (χ0n) is 23.5. The topological polar surface area (TPSA) is 178 Å². The predicted octanol–water partition coefficient (Wildman–Crippen LogP) is 2.51. The molecule has 4 rings (SSSR count). The zero-order chi connectivity index (χ0) is 30.0. The number of carbonyl (C=O) groups excluding carboxylic acids is 4. The fourth-order valence-corrected chi connectivity index (χ4v) is 7.92. The first-order valence-corrected chi connectivity index (χ1v) is 13.9. The third-order valence-electron chi connectivity index (χ3n) is 9.59. The Morgan fingerprint density at radius 1 is 1.15 bits per heavy atom. The highest BCUT2D eigenvalue weighted by Crippen LogP contribution is 2.68.